The Labute approximate surface area is 169 Å². The Kier molecular flexibility index (Phi) is 5.13. The number of rotatable bonds is 6. The van der Waals surface area contributed by atoms with Crippen LogP contribution in [0.1, 0.15) is 37.9 Å². The van der Waals surface area contributed by atoms with Gasteiger partial charge >= 0.3 is 0 Å². The van der Waals surface area contributed by atoms with Crippen molar-refractivity contribution in [2.45, 2.75) is 32.9 Å². The first-order chi connectivity index (χ1) is 13.9. The number of aromatic nitrogens is 2. The van der Waals surface area contributed by atoms with Gasteiger partial charge in [-0.05, 0) is 30.2 Å². The maximum absolute atomic E-state index is 13.0. The van der Waals surface area contributed by atoms with Gasteiger partial charge in [0.15, 0.2) is 0 Å². The number of amides is 2. The summed E-state index contributed by atoms with van der Waals surface area (Å²) in [6.45, 7) is 4.92. The Balaban J connectivity index is 1.49. The lowest BCUT2D eigenvalue weighted by atomic mass is 10.0. The van der Waals surface area contributed by atoms with Crippen LogP contribution in [0.5, 0.6) is 0 Å². The van der Waals surface area contributed by atoms with Gasteiger partial charge in [0, 0.05) is 20.0 Å². The van der Waals surface area contributed by atoms with Gasteiger partial charge in [-0.25, -0.2) is 4.98 Å². The average Bonchev–Trinajstić information content (AvgIpc) is 3.41. The molecule has 0 radical (unpaired) electrons. The van der Waals surface area contributed by atoms with Crippen molar-refractivity contribution in [3.8, 4) is 0 Å². The van der Waals surface area contributed by atoms with Crippen LogP contribution in [0, 0.1) is 11.8 Å². The van der Waals surface area contributed by atoms with Crippen LogP contribution in [0.15, 0.2) is 47.1 Å². The zero-order chi connectivity index (χ0) is 20.5. The molecule has 0 bridgehead atoms. The second-order valence-electron chi connectivity index (χ2n) is 8.00. The molecule has 3 aromatic rings. The van der Waals surface area contributed by atoms with E-state index in [-0.39, 0.29) is 36.1 Å². The minimum atomic E-state index is -0.367. The van der Waals surface area contributed by atoms with E-state index in [2.05, 4.69) is 19.2 Å². The van der Waals surface area contributed by atoms with Crippen LogP contribution in [-0.4, -0.2) is 32.8 Å². The minimum absolute atomic E-state index is 0.0228. The van der Waals surface area contributed by atoms with Crippen LogP contribution in [0.2, 0.25) is 0 Å². The van der Waals surface area contributed by atoms with Crippen LogP contribution >= 0.6 is 0 Å². The molecule has 1 aliphatic heterocycles. The molecule has 1 saturated heterocycles. The highest BCUT2D eigenvalue weighted by atomic mass is 16.3. The van der Waals surface area contributed by atoms with Gasteiger partial charge in [0.25, 0.3) is 0 Å². The van der Waals surface area contributed by atoms with E-state index in [1.165, 1.54) is 0 Å². The molecule has 29 heavy (non-hydrogen) atoms. The number of furan rings is 1. The maximum Gasteiger partial charge on any atom is 0.226 e. The molecule has 0 aliphatic carbocycles. The van der Waals surface area contributed by atoms with Crippen molar-refractivity contribution in [3.05, 3.63) is 54.2 Å². The third-order valence-electron chi connectivity index (χ3n) is 5.58. The quantitative estimate of drug-likeness (QED) is 0.697. The molecule has 7 heteroatoms. The number of likely N-dealkylation sites (tertiary alicyclic amines) is 1. The van der Waals surface area contributed by atoms with E-state index in [1.807, 2.05) is 41.9 Å². The van der Waals surface area contributed by atoms with Crippen LogP contribution in [0.3, 0.4) is 0 Å². The number of nitrogens with zero attached hydrogens (tertiary/aromatic N) is 3. The fraction of sp³-hybridized carbons (Fsp3) is 0.409. The SMILES string of the molecule is CC(C)[C@H](NC(=O)C1CC(=O)N(Cc2ccco2)C1)c1nc2ccccc2n1C. The molecule has 1 fully saturated rings. The summed E-state index contributed by atoms with van der Waals surface area (Å²) >= 11 is 0. The molecular formula is C22H26N4O3. The standard InChI is InChI=1S/C22H26N4O3/c1-14(2)20(21-23-17-8-4-5-9-18(17)25(21)3)24-22(28)15-11-19(27)26(12-15)13-16-7-6-10-29-16/h4-10,14-15,20H,11-13H2,1-3H3,(H,24,28)/t15?,20-/m0/s1. The van der Waals surface area contributed by atoms with Gasteiger partial charge in [-0.2, -0.15) is 0 Å². The molecular weight excluding hydrogens is 368 g/mol. The molecule has 7 nitrogen and oxygen atoms in total. The van der Waals surface area contributed by atoms with Crippen molar-refractivity contribution in [1.82, 2.24) is 19.8 Å². The van der Waals surface area contributed by atoms with Gasteiger partial charge in [-0.1, -0.05) is 26.0 Å². The van der Waals surface area contributed by atoms with Crippen molar-refractivity contribution < 1.29 is 14.0 Å². The van der Waals surface area contributed by atoms with Crippen molar-refractivity contribution >= 4 is 22.8 Å². The third-order valence-corrected chi connectivity index (χ3v) is 5.58. The Morgan fingerprint density at radius 2 is 2.07 bits per heavy atom. The Bertz CT molecular complexity index is 1020. The molecule has 2 aromatic heterocycles. The number of benzene rings is 1. The Hall–Kier alpha value is -3.09. The number of nitrogens with one attached hydrogen (secondary N) is 1. The lowest BCUT2D eigenvalue weighted by Gasteiger charge is -2.24. The van der Waals surface area contributed by atoms with Gasteiger partial charge in [0.1, 0.15) is 11.6 Å². The van der Waals surface area contributed by atoms with E-state index in [9.17, 15) is 9.59 Å². The number of aryl methyl sites for hydroxylation is 1. The summed E-state index contributed by atoms with van der Waals surface area (Å²) in [6.07, 6.45) is 1.81. The number of para-hydroxylation sites is 2. The van der Waals surface area contributed by atoms with E-state index in [0.717, 1.165) is 22.6 Å². The van der Waals surface area contributed by atoms with E-state index in [4.69, 9.17) is 9.40 Å². The predicted molar refractivity (Wildman–Crippen MR) is 109 cm³/mol. The molecule has 1 unspecified atom stereocenters. The van der Waals surface area contributed by atoms with Gasteiger partial charge in [-0.3, -0.25) is 9.59 Å². The van der Waals surface area contributed by atoms with E-state index >= 15 is 0 Å². The van der Waals surface area contributed by atoms with Crippen LogP contribution in [0.25, 0.3) is 11.0 Å². The van der Waals surface area contributed by atoms with Crippen molar-refractivity contribution in [2.24, 2.45) is 18.9 Å². The molecule has 152 valence electrons. The smallest absolute Gasteiger partial charge is 0.226 e. The van der Waals surface area contributed by atoms with Gasteiger partial charge in [-0.15, -0.1) is 0 Å². The van der Waals surface area contributed by atoms with E-state index in [1.54, 1.807) is 17.2 Å². The fourth-order valence-corrected chi connectivity index (χ4v) is 3.93. The summed E-state index contributed by atoms with van der Waals surface area (Å²) in [5, 5.41) is 3.15. The molecule has 4 rings (SSSR count). The highest BCUT2D eigenvalue weighted by molar-refractivity contribution is 5.89. The zero-order valence-electron chi connectivity index (χ0n) is 17.0. The monoisotopic (exact) mass is 394 g/mol. The number of carbonyl (C=O) groups is 2. The molecule has 1 N–H and O–H groups in total. The van der Waals surface area contributed by atoms with Crippen molar-refractivity contribution in [2.75, 3.05) is 6.54 Å². The molecule has 2 amide bonds. The largest absolute Gasteiger partial charge is 0.467 e. The summed E-state index contributed by atoms with van der Waals surface area (Å²) in [7, 11) is 1.97. The van der Waals surface area contributed by atoms with Crippen molar-refractivity contribution in [1.29, 1.82) is 0 Å². The molecule has 0 saturated carbocycles. The fourth-order valence-electron chi connectivity index (χ4n) is 3.93. The van der Waals surface area contributed by atoms with Crippen LogP contribution in [-0.2, 0) is 23.2 Å². The first-order valence-electron chi connectivity index (χ1n) is 9.96. The summed E-state index contributed by atoms with van der Waals surface area (Å²) in [4.78, 5) is 31.8. The summed E-state index contributed by atoms with van der Waals surface area (Å²) in [6, 6.07) is 11.3. The summed E-state index contributed by atoms with van der Waals surface area (Å²) in [5.41, 5.74) is 1.94. The number of hydrogen-bond donors (Lipinski definition) is 1. The van der Waals surface area contributed by atoms with Gasteiger partial charge in [0.05, 0.1) is 35.8 Å². The Morgan fingerprint density at radius 1 is 1.28 bits per heavy atom. The molecule has 1 aromatic carbocycles. The summed E-state index contributed by atoms with van der Waals surface area (Å²) in [5.74, 6) is 1.21. The highest BCUT2D eigenvalue weighted by Gasteiger charge is 2.36. The zero-order valence-corrected chi connectivity index (χ0v) is 17.0. The highest BCUT2D eigenvalue weighted by Crippen LogP contribution is 2.27. The summed E-state index contributed by atoms with van der Waals surface area (Å²) < 4.78 is 7.36. The Morgan fingerprint density at radius 3 is 2.76 bits per heavy atom. The van der Waals surface area contributed by atoms with Crippen LogP contribution < -0.4 is 5.32 Å². The maximum atomic E-state index is 13.0. The lowest BCUT2D eigenvalue weighted by Crippen LogP contribution is -2.38. The first-order valence-corrected chi connectivity index (χ1v) is 9.96. The topological polar surface area (TPSA) is 80.4 Å². The average molecular weight is 394 g/mol. The molecule has 2 atom stereocenters. The second kappa shape index (κ2) is 7.73. The normalized spacial score (nSPS) is 18.0. The molecule has 3 heterocycles. The minimum Gasteiger partial charge on any atom is -0.467 e. The second-order valence-corrected chi connectivity index (χ2v) is 8.00. The van der Waals surface area contributed by atoms with Crippen molar-refractivity contribution in [3.63, 3.8) is 0 Å². The molecule has 1 aliphatic rings. The number of hydrogen-bond acceptors (Lipinski definition) is 4. The van der Waals surface area contributed by atoms with Gasteiger partial charge < -0.3 is 19.2 Å². The third kappa shape index (κ3) is 3.77. The molecule has 0 spiro atoms. The number of carbonyl (C=O) groups excluding carboxylic acids is 2. The van der Waals surface area contributed by atoms with E-state index < -0.39 is 0 Å². The van der Waals surface area contributed by atoms with Crippen LogP contribution in [0.4, 0.5) is 0 Å². The number of imidazole rings is 1. The van der Waals surface area contributed by atoms with Gasteiger partial charge in [0.2, 0.25) is 11.8 Å². The predicted octanol–water partition coefficient (Wildman–Crippen LogP) is 3.03. The lowest BCUT2D eigenvalue weighted by molar-refractivity contribution is -0.129. The van der Waals surface area contributed by atoms with E-state index in [0.29, 0.717) is 13.1 Å². The number of fused-ring (bicyclic) bond motifs is 1. The first kappa shape index (κ1) is 19.2.